The number of aryl methyl sites for hydroxylation is 2. The number of nitrogens with one attached hydrogen (secondary N) is 2. The number of hydrogen-bond donors (Lipinski definition) is 2. The van der Waals surface area contributed by atoms with Gasteiger partial charge in [-0.05, 0) is 72.4 Å². The van der Waals surface area contributed by atoms with E-state index in [1.54, 1.807) is 39.1 Å². The summed E-state index contributed by atoms with van der Waals surface area (Å²) in [6.45, 7) is 7.12. The lowest BCUT2D eigenvalue weighted by Crippen LogP contribution is -2.50. The lowest BCUT2D eigenvalue weighted by molar-refractivity contribution is 0.0630. The van der Waals surface area contributed by atoms with Gasteiger partial charge in [0, 0.05) is 17.3 Å². The number of ether oxygens (including phenoxy) is 1. The summed E-state index contributed by atoms with van der Waals surface area (Å²) in [7, 11) is 1.21. The maximum absolute atomic E-state index is 13.4. The molecule has 190 valence electrons. The minimum atomic E-state index is -0.737. The first-order chi connectivity index (χ1) is 17.1. The highest BCUT2D eigenvalue weighted by atomic mass is 79.9. The molecule has 0 saturated carbocycles. The number of carbonyl (C=O) groups is 3. The van der Waals surface area contributed by atoms with Crippen molar-refractivity contribution in [3.63, 3.8) is 0 Å². The monoisotopic (exact) mass is 576 g/mol. The van der Waals surface area contributed by atoms with Crippen molar-refractivity contribution in [2.75, 3.05) is 12.4 Å². The van der Waals surface area contributed by atoms with Crippen LogP contribution in [0.25, 0.3) is 5.82 Å². The lowest BCUT2D eigenvalue weighted by Gasteiger charge is -2.26. The SMILES string of the molecule is CCc1cccnc1-n1nc(Br)cc1C(=O)Nc1c(C)cc(Cl)cc1C(=O)NN(C(=O)OC)C(C)C. The van der Waals surface area contributed by atoms with Crippen molar-refractivity contribution in [3.05, 3.63) is 68.5 Å². The average molecular weight is 578 g/mol. The van der Waals surface area contributed by atoms with Crippen LogP contribution in [0.4, 0.5) is 10.5 Å². The van der Waals surface area contributed by atoms with Gasteiger partial charge in [-0.1, -0.05) is 24.6 Å². The van der Waals surface area contributed by atoms with Crippen LogP contribution in [0.3, 0.4) is 0 Å². The number of hydrazine groups is 1. The van der Waals surface area contributed by atoms with Crippen LogP contribution in [-0.4, -0.2) is 50.8 Å². The van der Waals surface area contributed by atoms with E-state index in [1.165, 1.54) is 17.9 Å². The van der Waals surface area contributed by atoms with Crippen molar-refractivity contribution in [1.82, 2.24) is 25.2 Å². The number of methoxy groups -OCH3 is 1. The molecule has 0 bridgehead atoms. The summed E-state index contributed by atoms with van der Waals surface area (Å²) >= 11 is 9.56. The second-order valence-electron chi connectivity index (χ2n) is 8.08. The Labute approximate surface area is 222 Å². The Bertz CT molecular complexity index is 1310. The van der Waals surface area contributed by atoms with Gasteiger partial charge in [0.1, 0.15) is 10.3 Å². The molecule has 1 aromatic carbocycles. The van der Waals surface area contributed by atoms with E-state index in [9.17, 15) is 14.4 Å². The predicted octanol–water partition coefficient (Wildman–Crippen LogP) is 4.93. The first kappa shape index (κ1) is 27.2. The molecular formula is C24H26BrClN6O4. The molecule has 3 amide bonds. The van der Waals surface area contributed by atoms with Gasteiger partial charge < -0.3 is 10.1 Å². The van der Waals surface area contributed by atoms with Gasteiger partial charge in [0.15, 0.2) is 5.82 Å². The summed E-state index contributed by atoms with van der Waals surface area (Å²) in [6, 6.07) is 7.93. The summed E-state index contributed by atoms with van der Waals surface area (Å²) in [5, 5.41) is 8.53. The Morgan fingerprint density at radius 3 is 2.58 bits per heavy atom. The van der Waals surface area contributed by atoms with Gasteiger partial charge >= 0.3 is 6.09 Å². The zero-order valence-electron chi connectivity index (χ0n) is 20.4. The Kier molecular flexibility index (Phi) is 8.70. The summed E-state index contributed by atoms with van der Waals surface area (Å²) in [5.41, 5.74) is 4.48. The van der Waals surface area contributed by atoms with Gasteiger partial charge in [-0.2, -0.15) is 5.10 Å². The molecule has 36 heavy (non-hydrogen) atoms. The van der Waals surface area contributed by atoms with Crippen LogP contribution < -0.4 is 10.7 Å². The summed E-state index contributed by atoms with van der Waals surface area (Å²) in [4.78, 5) is 43.1. The molecule has 0 atom stereocenters. The number of benzene rings is 1. The first-order valence-corrected chi connectivity index (χ1v) is 12.2. The standard InChI is InChI=1S/C24H26BrClN6O4/c1-6-15-8-7-9-27-21(15)32-18(12-19(25)29-32)23(34)28-20-14(4)10-16(26)11-17(20)22(33)30-31(13(2)3)24(35)36-5/h7-13H,6H2,1-5H3,(H,28,34)(H,30,33). The number of halogens is 2. The van der Waals surface area contributed by atoms with Crippen molar-refractivity contribution in [2.45, 2.75) is 40.2 Å². The van der Waals surface area contributed by atoms with Crippen molar-refractivity contribution < 1.29 is 19.1 Å². The molecular weight excluding hydrogens is 552 g/mol. The van der Waals surface area contributed by atoms with Crippen molar-refractivity contribution in [2.24, 2.45) is 0 Å². The normalized spacial score (nSPS) is 10.8. The van der Waals surface area contributed by atoms with Crippen LogP contribution in [0.5, 0.6) is 0 Å². The van der Waals surface area contributed by atoms with E-state index in [1.807, 2.05) is 19.1 Å². The van der Waals surface area contributed by atoms with Crippen LogP contribution in [0.2, 0.25) is 5.02 Å². The summed E-state index contributed by atoms with van der Waals surface area (Å²) < 4.78 is 6.63. The topological polar surface area (TPSA) is 118 Å². The molecule has 0 radical (unpaired) electrons. The number of hydrogen-bond acceptors (Lipinski definition) is 6. The van der Waals surface area contributed by atoms with Gasteiger partial charge in [0.05, 0.1) is 24.4 Å². The van der Waals surface area contributed by atoms with Crippen LogP contribution in [0, 0.1) is 6.92 Å². The van der Waals surface area contributed by atoms with Crippen LogP contribution in [-0.2, 0) is 11.2 Å². The van der Waals surface area contributed by atoms with Crippen LogP contribution in [0.15, 0.2) is 41.1 Å². The third kappa shape index (κ3) is 5.85. The van der Waals surface area contributed by atoms with E-state index in [2.05, 4.69) is 36.8 Å². The zero-order valence-corrected chi connectivity index (χ0v) is 22.8. The minimum Gasteiger partial charge on any atom is -0.452 e. The molecule has 10 nitrogen and oxygen atoms in total. The second kappa shape index (κ2) is 11.5. The van der Waals surface area contributed by atoms with Gasteiger partial charge in [-0.25, -0.2) is 19.5 Å². The van der Waals surface area contributed by atoms with Crippen LogP contribution in [0.1, 0.15) is 52.7 Å². The highest BCUT2D eigenvalue weighted by Gasteiger charge is 2.25. The fourth-order valence-corrected chi connectivity index (χ4v) is 4.14. The first-order valence-electron chi connectivity index (χ1n) is 11.1. The molecule has 12 heteroatoms. The van der Waals surface area contributed by atoms with Crippen molar-refractivity contribution in [3.8, 4) is 5.82 Å². The fourth-order valence-electron chi connectivity index (χ4n) is 3.49. The largest absolute Gasteiger partial charge is 0.452 e. The fraction of sp³-hybridized carbons (Fsp3) is 0.292. The number of nitrogens with zero attached hydrogens (tertiary/aromatic N) is 4. The molecule has 2 aromatic heterocycles. The Balaban J connectivity index is 2.00. The lowest BCUT2D eigenvalue weighted by atomic mass is 10.1. The number of aromatic nitrogens is 3. The third-order valence-electron chi connectivity index (χ3n) is 5.25. The van der Waals surface area contributed by atoms with Crippen molar-refractivity contribution in [1.29, 1.82) is 0 Å². The summed E-state index contributed by atoms with van der Waals surface area (Å²) in [5.74, 6) is -0.649. The maximum Gasteiger partial charge on any atom is 0.428 e. The van der Waals surface area contributed by atoms with E-state index >= 15 is 0 Å². The number of amides is 3. The third-order valence-corrected chi connectivity index (χ3v) is 5.86. The van der Waals surface area contributed by atoms with E-state index < -0.39 is 23.9 Å². The van der Waals surface area contributed by atoms with Crippen molar-refractivity contribution >= 4 is 51.1 Å². The van der Waals surface area contributed by atoms with E-state index in [4.69, 9.17) is 16.3 Å². The van der Waals surface area contributed by atoms with E-state index in [0.717, 1.165) is 10.6 Å². The maximum atomic E-state index is 13.4. The number of carbonyl (C=O) groups excluding carboxylic acids is 3. The quantitative estimate of drug-likeness (QED) is 0.401. The number of rotatable bonds is 6. The second-order valence-corrected chi connectivity index (χ2v) is 9.33. The molecule has 3 aromatic rings. The minimum absolute atomic E-state index is 0.0696. The predicted molar refractivity (Wildman–Crippen MR) is 139 cm³/mol. The number of anilines is 1. The summed E-state index contributed by atoms with van der Waals surface area (Å²) in [6.07, 6.45) is 1.58. The molecule has 2 heterocycles. The smallest absolute Gasteiger partial charge is 0.428 e. The molecule has 3 rings (SSSR count). The highest BCUT2D eigenvalue weighted by Crippen LogP contribution is 2.27. The molecule has 0 unspecified atom stereocenters. The van der Waals surface area contributed by atoms with Gasteiger partial charge in [0.25, 0.3) is 11.8 Å². The molecule has 0 fully saturated rings. The molecule has 0 aliphatic rings. The van der Waals surface area contributed by atoms with E-state index in [-0.39, 0.29) is 16.9 Å². The molecule has 0 aliphatic heterocycles. The zero-order chi connectivity index (χ0) is 26.6. The number of pyridine rings is 1. The Morgan fingerprint density at radius 2 is 1.94 bits per heavy atom. The van der Waals surface area contributed by atoms with Gasteiger partial charge in [-0.3, -0.25) is 15.0 Å². The molecule has 0 saturated heterocycles. The molecule has 0 aliphatic carbocycles. The van der Waals surface area contributed by atoms with Crippen LogP contribution >= 0.6 is 27.5 Å². The van der Waals surface area contributed by atoms with Gasteiger partial charge in [-0.15, -0.1) is 0 Å². The Hall–Kier alpha value is -3.44. The highest BCUT2D eigenvalue weighted by molar-refractivity contribution is 9.10. The van der Waals surface area contributed by atoms with Gasteiger partial charge in [0.2, 0.25) is 0 Å². The average Bonchev–Trinajstić information content (AvgIpc) is 3.24. The molecule has 0 spiro atoms. The van der Waals surface area contributed by atoms with E-state index in [0.29, 0.717) is 27.4 Å². The molecule has 2 N–H and O–H groups in total. The Morgan fingerprint density at radius 1 is 1.22 bits per heavy atom.